The standard InChI is InChI=1S/C30H46N4O4.ClH/c1-5-34-28(36)32(17-29(4)19-37-21-38-20-29)18-30(34)15-24-11-12-25(16-30)33(24)14-13-26(31-27(35)22(2)3)23-9-7-6-8-10-23;/h6-10,22,24-26H,5,11-21H2,1-4H3,(H,31,35);1H/t24?,25?,26-,30?;/m0./s1. The second kappa shape index (κ2) is 12.3. The van der Waals surface area contributed by atoms with Crippen LogP contribution in [-0.4, -0.2) is 90.4 Å². The Hall–Kier alpha value is -1.87. The van der Waals surface area contributed by atoms with E-state index in [0.717, 1.165) is 38.9 Å². The summed E-state index contributed by atoms with van der Waals surface area (Å²) in [6, 6.07) is 11.5. The molecule has 4 aliphatic rings. The van der Waals surface area contributed by atoms with E-state index in [0.29, 0.717) is 38.6 Å². The van der Waals surface area contributed by atoms with Crippen molar-refractivity contribution >= 4 is 24.3 Å². The number of piperidine rings is 1. The minimum absolute atomic E-state index is 0. The highest BCUT2D eigenvalue weighted by Crippen LogP contribution is 2.47. The zero-order chi connectivity index (χ0) is 26.9. The molecule has 5 rings (SSSR count). The molecule has 4 fully saturated rings. The third-order valence-corrected chi connectivity index (χ3v) is 9.24. The van der Waals surface area contributed by atoms with Gasteiger partial charge >= 0.3 is 6.03 Å². The number of likely N-dealkylation sites (N-methyl/N-ethyl adjacent to an activating group) is 1. The summed E-state index contributed by atoms with van der Waals surface area (Å²) in [5.74, 6) is 0.0640. The van der Waals surface area contributed by atoms with E-state index in [9.17, 15) is 9.59 Å². The monoisotopic (exact) mass is 562 g/mol. The van der Waals surface area contributed by atoms with Crippen LogP contribution in [0.2, 0.25) is 0 Å². The third kappa shape index (κ3) is 6.24. The van der Waals surface area contributed by atoms with Crippen LogP contribution in [-0.2, 0) is 14.3 Å². The lowest BCUT2D eigenvalue weighted by molar-refractivity contribution is -0.162. The molecular formula is C30H47ClN4O4. The lowest BCUT2D eigenvalue weighted by atomic mass is 9.81. The first kappa shape index (κ1) is 30.1. The second-order valence-electron chi connectivity index (χ2n) is 12.7. The number of carbonyl (C=O) groups excluding carboxylic acids is 2. The molecule has 0 radical (unpaired) electrons. The molecule has 2 unspecified atom stereocenters. The Morgan fingerprint density at radius 2 is 1.74 bits per heavy atom. The fourth-order valence-electron chi connectivity index (χ4n) is 7.46. The van der Waals surface area contributed by atoms with Crippen LogP contribution in [0.5, 0.6) is 0 Å². The van der Waals surface area contributed by atoms with E-state index in [1.54, 1.807) is 0 Å². The van der Waals surface area contributed by atoms with Crippen molar-refractivity contribution in [2.24, 2.45) is 11.3 Å². The first-order valence-corrected chi connectivity index (χ1v) is 14.6. The van der Waals surface area contributed by atoms with E-state index < -0.39 is 0 Å². The van der Waals surface area contributed by atoms with Gasteiger partial charge in [0.25, 0.3) is 0 Å². The molecule has 3 amide bonds. The molecule has 0 aromatic heterocycles. The van der Waals surface area contributed by atoms with Crippen molar-refractivity contribution in [2.45, 2.75) is 83.5 Å². The van der Waals surface area contributed by atoms with Crippen molar-refractivity contribution in [2.75, 3.05) is 46.2 Å². The van der Waals surface area contributed by atoms with Gasteiger partial charge < -0.3 is 24.6 Å². The van der Waals surface area contributed by atoms with Gasteiger partial charge in [-0.25, -0.2) is 4.79 Å². The summed E-state index contributed by atoms with van der Waals surface area (Å²) in [7, 11) is 0. The Labute approximate surface area is 240 Å². The Bertz CT molecular complexity index is 972. The number of rotatable bonds is 9. The van der Waals surface area contributed by atoms with E-state index in [2.05, 4.69) is 46.0 Å². The molecule has 218 valence electrons. The summed E-state index contributed by atoms with van der Waals surface area (Å²) < 4.78 is 11.2. The molecule has 9 heteroatoms. The Balaban J connectivity index is 0.00000353. The third-order valence-electron chi connectivity index (χ3n) is 9.24. The molecule has 3 atom stereocenters. The maximum atomic E-state index is 13.6. The van der Waals surface area contributed by atoms with Crippen LogP contribution in [0.1, 0.15) is 71.4 Å². The van der Waals surface area contributed by atoms with Gasteiger partial charge in [-0.05, 0) is 44.6 Å². The maximum absolute atomic E-state index is 13.6. The van der Waals surface area contributed by atoms with Gasteiger partial charge in [0, 0.05) is 49.6 Å². The van der Waals surface area contributed by atoms with E-state index in [4.69, 9.17) is 9.47 Å². The van der Waals surface area contributed by atoms with Crippen molar-refractivity contribution in [3.05, 3.63) is 35.9 Å². The number of carbonyl (C=O) groups is 2. The van der Waals surface area contributed by atoms with Gasteiger partial charge in [0.05, 0.1) is 24.8 Å². The lowest BCUT2D eigenvalue weighted by Gasteiger charge is -2.48. The van der Waals surface area contributed by atoms with Crippen molar-refractivity contribution in [1.29, 1.82) is 0 Å². The highest BCUT2D eigenvalue weighted by Gasteiger charge is 2.57. The summed E-state index contributed by atoms with van der Waals surface area (Å²) >= 11 is 0. The zero-order valence-corrected chi connectivity index (χ0v) is 24.9. The van der Waals surface area contributed by atoms with Gasteiger partial charge in [-0.15, -0.1) is 12.4 Å². The largest absolute Gasteiger partial charge is 0.355 e. The minimum atomic E-state index is -0.161. The Kier molecular flexibility index (Phi) is 9.52. The number of benzene rings is 1. The van der Waals surface area contributed by atoms with Gasteiger partial charge in [0.2, 0.25) is 5.91 Å². The van der Waals surface area contributed by atoms with Gasteiger partial charge in [-0.1, -0.05) is 51.1 Å². The molecular weight excluding hydrogens is 516 g/mol. The molecule has 2 bridgehead atoms. The number of hydrogen-bond donors (Lipinski definition) is 1. The van der Waals surface area contributed by atoms with Crippen LogP contribution in [0, 0.1) is 11.3 Å². The highest BCUT2D eigenvalue weighted by molar-refractivity contribution is 5.85. The van der Waals surface area contributed by atoms with Crippen LogP contribution < -0.4 is 5.32 Å². The van der Waals surface area contributed by atoms with E-state index in [1.807, 2.05) is 32.0 Å². The molecule has 4 saturated heterocycles. The summed E-state index contributed by atoms with van der Waals surface area (Å²) in [5.41, 5.74) is 0.914. The summed E-state index contributed by atoms with van der Waals surface area (Å²) in [6.07, 6.45) is 5.32. The molecule has 1 spiro atoms. The fourth-order valence-corrected chi connectivity index (χ4v) is 7.46. The average Bonchev–Trinajstić information content (AvgIpc) is 3.29. The molecule has 1 N–H and O–H groups in total. The Morgan fingerprint density at radius 1 is 1.10 bits per heavy atom. The average molecular weight is 563 g/mol. The normalized spacial score (nSPS) is 29.1. The smallest absolute Gasteiger partial charge is 0.320 e. The van der Waals surface area contributed by atoms with Crippen LogP contribution in [0.3, 0.4) is 0 Å². The van der Waals surface area contributed by atoms with Gasteiger partial charge in [0.15, 0.2) is 0 Å². The highest BCUT2D eigenvalue weighted by atomic mass is 35.5. The number of fused-ring (bicyclic) bond motifs is 2. The number of hydrogen-bond acceptors (Lipinski definition) is 5. The lowest BCUT2D eigenvalue weighted by Crippen LogP contribution is -2.58. The molecule has 39 heavy (non-hydrogen) atoms. The zero-order valence-electron chi connectivity index (χ0n) is 24.1. The molecule has 0 aliphatic carbocycles. The number of nitrogens with zero attached hydrogens (tertiary/aromatic N) is 3. The summed E-state index contributed by atoms with van der Waals surface area (Å²) in [5, 5.41) is 3.30. The molecule has 8 nitrogen and oxygen atoms in total. The van der Waals surface area contributed by atoms with Crippen LogP contribution in [0.4, 0.5) is 4.79 Å². The predicted octanol–water partition coefficient (Wildman–Crippen LogP) is 4.45. The summed E-state index contributed by atoms with van der Waals surface area (Å²) in [4.78, 5) is 33.1. The topological polar surface area (TPSA) is 74.4 Å². The number of ether oxygens (including phenoxy) is 2. The fraction of sp³-hybridized carbons (Fsp3) is 0.733. The molecule has 4 aliphatic heterocycles. The SMILES string of the molecule is CCN1C(=O)N(CC2(C)COCOC2)CC12CC1CCC(C2)N1CC[C@H](NC(=O)C(C)C)c1ccccc1.Cl. The molecule has 4 heterocycles. The molecule has 1 aromatic rings. The van der Waals surface area contributed by atoms with Crippen LogP contribution >= 0.6 is 12.4 Å². The minimum Gasteiger partial charge on any atom is -0.355 e. The van der Waals surface area contributed by atoms with E-state index >= 15 is 0 Å². The quantitative estimate of drug-likeness (QED) is 0.481. The van der Waals surface area contributed by atoms with E-state index in [1.165, 1.54) is 18.4 Å². The molecule has 1 aromatic carbocycles. The van der Waals surface area contributed by atoms with Crippen LogP contribution in [0.25, 0.3) is 0 Å². The first-order chi connectivity index (χ1) is 18.2. The first-order valence-electron chi connectivity index (χ1n) is 14.6. The van der Waals surface area contributed by atoms with Crippen molar-refractivity contribution < 1.29 is 19.1 Å². The second-order valence-corrected chi connectivity index (χ2v) is 12.7. The summed E-state index contributed by atoms with van der Waals surface area (Å²) in [6.45, 7) is 13.0. The van der Waals surface area contributed by atoms with Crippen molar-refractivity contribution in [3.63, 3.8) is 0 Å². The van der Waals surface area contributed by atoms with Crippen LogP contribution in [0.15, 0.2) is 30.3 Å². The number of nitrogens with one attached hydrogen (secondary N) is 1. The van der Waals surface area contributed by atoms with Gasteiger partial charge in [-0.2, -0.15) is 0 Å². The Morgan fingerprint density at radius 3 is 2.33 bits per heavy atom. The maximum Gasteiger partial charge on any atom is 0.320 e. The number of amides is 3. The van der Waals surface area contributed by atoms with Gasteiger partial charge in [-0.3, -0.25) is 9.69 Å². The number of halogens is 1. The van der Waals surface area contributed by atoms with Crippen molar-refractivity contribution in [1.82, 2.24) is 20.0 Å². The van der Waals surface area contributed by atoms with Crippen molar-refractivity contribution in [3.8, 4) is 0 Å². The number of urea groups is 1. The van der Waals surface area contributed by atoms with Gasteiger partial charge in [0.1, 0.15) is 6.79 Å². The molecule has 0 saturated carbocycles. The predicted molar refractivity (Wildman–Crippen MR) is 154 cm³/mol. The van der Waals surface area contributed by atoms with E-state index in [-0.39, 0.29) is 47.3 Å².